The minimum absolute atomic E-state index is 0.232. The maximum Gasteiger partial charge on any atom is 0.305 e. The molecule has 2 atom stereocenters. The molecule has 21 heavy (non-hydrogen) atoms. The fourth-order valence-electron chi connectivity index (χ4n) is 2.31. The molecule has 0 fully saturated rings. The van der Waals surface area contributed by atoms with Crippen molar-refractivity contribution in [2.75, 3.05) is 20.8 Å². The largest absolute Gasteiger partial charge is 0.496 e. The normalized spacial score (nSPS) is 13.6. The number of aliphatic hydroxyl groups excluding tert-OH is 1. The van der Waals surface area contributed by atoms with E-state index < -0.39 is 6.10 Å². The number of methoxy groups -OCH3 is 2. The minimum Gasteiger partial charge on any atom is -0.496 e. The van der Waals surface area contributed by atoms with Gasteiger partial charge in [-0.2, -0.15) is 0 Å². The Morgan fingerprint density at radius 2 is 2.10 bits per heavy atom. The maximum absolute atomic E-state index is 11.3. The third kappa shape index (κ3) is 5.02. The Bertz CT molecular complexity index is 462. The summed E-state index contributed by atoms with van der Waals surface area (Å²) < 4.78 is 9.97. The lowest BCUT2D eigenvalue weighted by Crippen LogP contribution is -2.35. The average molecular weight is 295 g/mol. The van der Waals surface area contributed by atoms with Gasteiger partial charge in [-0.05, 0) is 32.0 Å². The van der Waals surface area contributed by atoms with Crippen LogP contribution in [-0.2, 0) is 9.53 Å². The highest BCUT2D eigenvalue weighted by molar-refractivity contribution is 5.69. The van der Waals surface area contributed by atoms with E-state index >= 15 is 0 Å². The molecule has 1 aromatic carbocycles. The molecule has 0 aliphatic heterocycles. The molecule has 0 saturated carbocycles. The predicted octanol–water partition coefficient (Wildman–Crippen LogP) is 1.97. The number of esters is 1. The van der Waals surface area contributed by atoms with Crippen LogP contribution in [-0.4, -0.2) is 37.9 Å². The molecule has 0 heterocycles. The van der Waals surface area contributed by atoms with Gasteiger partial charge in [-0.1, -0.05) is 18.6 Å². The minimum atomic E-state index is -0.746. The van der Waals surface area contributed by atoms with Gasteiger partial charge in [0.25, 0.3) is 0 Å². The fourth-order valence-corrected chi connectivity index (χ4v) is 2.31. The summed E-state index contributed by atoms with van der Waals surface area (Å²) in [6.45, 7) is 4.63. The van der Waals surface area contributed by atoms with Crippen LogP contribution in [0, 0.1) is 6.92 Å². The number of likely N-dealkylation sites (N-methyl/N-ethyl adjacent to an activating group) is 1. The molecular weight excluding hydrogens is 270 g/mol. The van der Waals surface area contributed by atoms with E-state index in [1.54, 1.807) is 7.11 Å². The standard InChI is InChI=1S/C16H25NO4/c1-5-17-13(7-9-15(18)21-4)16(19)12-10-11(2)6-8-14(12)20-3/h6,8,10,13,16-17,19H,5,7,9H2,1-4H3. The molecule has 0 aliphatic rings. The summed E-state index contributed by atoms with van der Waals surface area (Å²) >= 11 is 0. The van der Waals surface area contributed by atoms with Gasteiger partial charge in [0.2, 0.25) is 0 Å². The molecule has 0 amide bonds. The van der Waals surface area contributed by atoms with Crippen LogP contribution >= 0.6 is 0 Å². The van der Waals surface area contributed by atoms with Crippen molar-refractivity contribution >= 4 is 5.97 Å². The number of ether oxygens (including phenoxy) is 2. The smallest absolute Gasteiger partial charge is 0.305 e. The molecule has 0 spiro atoms. The summed E-state index contributed by atoms with van der Waals surface area (Å²) in [6, 6.07) is 5.46. The Hall–Kier alpha value is -1.59. The lowest BCUT2D eigenvalue weighted by molar-refractivity contribution is -0.141. The highest BCUT2D eigenvalue weighted by atomic mass is 16.5. The molecule has 118 valence electrons. The van der Waals surface area contributed by atoms with Crippen LogP contribution in [0.5, 0.6) is 5.75 Å². The van der Waals surface area contributed by atoms with Crippen molar-refractivity contribution in [2.24, 2.45) is 0 Å². The first kappa shape index (κ1) is 17.5. The van der Waals surface area contributed by atoms with Crippen LogP contribution in [0.15, 0.2) is 18.2 Å². The predicted molar refractivity (Wildman–Crippen MR) is 81.4 cm³/mol. The zero-order valence-corrected chi connectivity index (χ0v) is 13.2. The van der Waals surface area contributed by atoms with E-state index in [2.05, 4.69) is 10.1 Å². The van der Waals surface area contributed by atoms with Crippen molar-refractivity contribution < 1.29 is 19.4 Å². The monoisotopic (exact) mass is 295 g/mol. The number of carbonyl (C=O) groups is 1. The first-order chi connectivity index (χ1) is 10.0. The van der Waals surface area contributed by atoms with Crippen molar-refractivity contribution in [1.82, 2.24) is 5.32 Å². The highest BCUT2D eigenvalue weighted by Gasteiger charge is 2.24. The Morgan fingerprint density at radius 1 is 1.38 bits per heavy atom. The summed E-state index contributed by atoms with van der Waals surface area (Å²) in [6.07, 6.45) is 0.0162. The zero-order valence-electron chi connectivity index (χ0n) is 13.2. The van der Waals surface area contributed by atoms with E-state index in [0.29, 0.717) is 18.7 Å². The number of carbonyl (C=O) groups excluding carboxylic acids is 1. The fraction of sp³-hybridized carbons (Fsp3) is 0.562. The Labute approximate surface area is 126 Å². The number of rotatable bonds is 8. The molecular formula is C16H25NO4. The molecule has 5 heteroatoms. The van der Waals surface area contributed by atoms with Crippen LogP contribution in [0.3, 0.4) is 0 Å². The number of aryl methyl sites for hydroxylation is 1. The Kier molecular flexibility index (Phi) is 7.19. The second-order valence-electron chi connectivity index (χ2n) is 4.97. The van der Waals surface area contributed by atoms with Gasteiger partial charge in [-0.3, -0.25) is 4.79 Å². The van der Waals surface area contributed by atoms with Crippen LogP contribution in [0.2, 0.25) is 0 Å². The molecule has 5 nitrogen and oxygen atoms in total. The number of aliphatic hydroxyl groups is 1. The summed E-state index contributed by atoms with van der Waals surface area (Å²) in [7, 11) is 2.95. The van der Waals surface area contributed by atoms with Crippen molar-refractivity contribution in [2.45, 2.75) is 38.8 Å². The summed E-state index contributed by atoms with van der Waals surface area (Å²) in [5, 5.41) is 13.9. The molecule has 0 radical (unpaired) electrons. The molecule has 0 bridgehead atoms. The maximum atomic E-state index is 11.3. The number of benzene rings is 1. The number of hydrogen-bond donors (Lipinski definition) is 2. The molecule has 0 aromatic heterocycles. The van der Waals surface area contributed by atoms with Crippen molar-refractivity contribution in [3.63, 3.8) is 0 Å². The summed E-state index contributed by atoms with van der Waals surface area (Å²) in [4.78, 5) is 11.3. The van der Waals surface area contributed by atoms with E-state index in [9.17, 15) is 9.90 Å². The topological polar surface area (TPSA) is 67.8 Å². The zero-order chi connectivity index (χ0) is 15.8. The SMILES string of the molecule is CCNC(CCC(=O)OC)C(O)c1cc(C)ccc1OC. The number of hydrogen-bond acceptors (Lipinski definition) is 5. The van der Waals surface area contributed by atoms with Crippen LogP contribution in [0.4, 0.5) is 0 Å². The molecule has 2 N–H and O–H groups in total. The van der Waals surface area contributed by atoms with Gasteiger partial charge in [0.05, 0.1) is 20.3 Å². The summed E-state index contributed by atoms with van der Waals surface area (Å²) in [5.41, 5.74) is 1.78. The molecule has 1 aromatic rings. The van der Waals surface area contributed by atoms with E-state index in [0.717, 1.165) is 11.1 Å². The van der Waals surface area contributed by atoms with Gasteiger partial charge < -0.3 is 19.9 Å². The molecule has 1 rings (SSSR count). The van der Waals surface area contributed by atoms with E-state index in [-0.39, 0.29) is 18.4 Å². The third-order valence-electron chi connectivity index (χ3n) is 3.44. The lowest BCUT2D eigenvalue weighted by Gasteiger charge is -2.25. The van der Waals surface area contributed by atoms with Gasteiger partial charge in [-0.15, -0.1) is 0 Å². The van der Waals surface area contributed by atoms with Crippen molar-refractivity contribution in [3.05, 3.63) is 29.3 Å². The first-order valence-corrected chi connectivity index (χ1v) is 7.16. The van der Waals surface area contributed by atoms with E-state index in [1.165, 1.54) is 7.11 Å². The Balaban J connectivity index is 2.91. The second-order valence-corrected chi connectivity index (χ2v) is 4.97. The van der Waals surface area contributed by atoms with Crippen molar-refractivity contribution in [3.8, 4) is 5.75 Å². The van der Waals surface area contributed by atoms with Crippen molar-refractivity contribution in [1.29, 1.82) is 0 Å². The lowest BCUT2D eigenvalue weighted by atomic mass is 9.96. The van der Waals surface area contributed by atoms with Crippen LogP contribution in [0.1, 0.15) is 37.0 Å². The van der Waals surface area contributed by atoms with Gasteiger partial charge in [0, 0.05) is 18.0 Å². The molecule has 0 saturated heterocycles. The highest BCUT2D eigenvalue weighted by Crippen LogP contribution is 2.29. The average Bonchev–Trinajstić information content (AvgIpc) is 2.50. The first-order valence-electron chi connectivity index (χ1n) is 7.16. The quantitative estimate of drug-likeness (QED) is 0.718. The van der Waals surface area contributed by atoms with Gasteiger partial charge in [0.15, 0.2) is 0 Å². The second kappa shape index (κ2) is 8.64. The van der Waals surface area contributed by atoms with Crippen LogP contribution < -0.4 is 10.1 Å². The van der Waals surface area contributed by atoms with E-state index in [4.69, 9.17) is 4.74 Å². The summed E-state index contributed by atoms with van der Waals surface area (Å²) in [5.74, 6) is 0.371. The van der Waals surface area contributed by atoms with Gasteiger partial charge >= 0.3 is 5.97 Å². The third-order valence-corrected chi connectivity index (χ3v) is 3.44. The van der Waals surface area contributed by atoms with Crippen LogP contribution in [0.25, 0.3) is 0 Å². The Morgan fingerprint density at radius 3 is 2.67 bits per heavy atom. The van der Waals surface area contributed by atoms with Gasteiger partial charge in [0.1, 0.15) is 5.75 Å². The van der Waals surface area contributed by atoms with Gasteiger partial charge in [-0.25, -0.2) is 0 Å². The number of nitrogens with one attached hydrogen (secondary N) is 1. The molecule has 0 aliphatic carbocycles. The molecule has 2 unspecified atom stereocenters. The van der Waals surface area contributed by atoms with E-state index in [1.807, 2.05) is 32.0 Å².